The number of carbonyl (C=O) groups is 1. The molecule has 0 atom stereocenters. The highest BCUT2D eigenvalue weighted by atomic mass is 32.1. The Labute approximate surface area is 99.8 Å². The van der Waals surface area contributed by atoms with E-state index in [1.54, 1.807) is 0 Å². The van der Waals surface area contributed by atoms with Crippen molar-refractivity contribution in [2.24, 2.45) is 0 Å². The van der Waals surface area contributed by atoms with Gasteiger partial charge in [-0.3, -0.25) is 0 Å². The van der Waals surface area contributed by atoms with Crippen molar-refractivity contribution >= 4 is 18.6 Å². The van der Waals surface area contributed by atoms with E-state index in [1.807, 2.05) is 12.1 Å². The van der Waals surface area contributed by atoms with Gasteiger partial charge >= 0.3 is 5.97 Å². The Morgan fingerprint density at radius 3 is 2.69 bits per heavy atom. The molecule has 2 rings (SSSR count). The largest absolute Gasteiger partial charge is 0.482 e. The molecule has 86 valence electrons. The number of aliphatic carboxylic acids is 1. The molecule has 16 heavy (non-hydrogen) atoms. The molecule has 1 aliphatic rings. The quantitative estimate of drug-likeness (QED) is 0.794. The maximum Gasteiger partial charge on any atom is 0.341 e. The van der Waals surface area contributed by atoms with Gasteiger partial charge in [0, 0.05) is 4.90 Å². The minimum absolute atomic E-state index is 0.279. The molecule has 1 aliphatic carbocycles. The Hall–Kier alpha value is -1.16. The van der Waals surface area contributed by atoms with E-state index in [0.717, 1.165) is 29.7 Å². The van der Waals surface area contributed by atoms with Crippen LogP contribution in [0.25, 0.3) is 0 Å². The monoisotopic (exact) mass is 238 g/mol. The second-order valence-corrected chi connectivity index (χ2v) is 4.41. The summed E-state index contributed by atoms with van der Waals surface area (Å²) in [6.45, 7) is -0.279. The third-order valence-electron chi connectivity index (χ3n) is 2.82. The lowest BCUT2D eigenvalue weighted by molar-refractivity contribution is -0.139. The lowest BCUT2D eigenvalue weighted by atomic mass is 9.91. The van der Waals surface area contributed by atoms with Crippen LogP contribution in [-0.2, 0) is 17.6 Å². The average molecular weight is 238 g/mol. The number of thiol groups is 1. The van der Waals surface area contributed by atoms with Gasteiger partial charge in [0.2, 0.25) is 0 Å². The van der Waals surface area contributed by atoms with Crippen molar-refractivity contribution in [2.45, 2.75) is 30.6 Å². The lowest BCUT2D eigenvalue weighted by Gasteiger charge is -2.20. The highest BCUT2D eigenvalue weighted by molar-refractivity contribution is 7.80. The SMILES string of the molecule is O=C(O)COc1ccc(S)c2c1CCCC2. The zero-order valence-corrected chi connectivity index (χ0v) is 9.80. The minimum atomic E-state index is -0.945. The van der Waals surface area contributed by atoms with Gasteiger partial charge in [-0.2, -0.15) is 0 Å². The fraction of sp³-hybridized carbons (Fsp3) is 0.417. The Balaban J connectivity index is 2.28. The summed E-state index contributed by atoms with van der Waals surface area (Å²) in [4.78, 5) is 11.5. The summed E-state index contributed by atoms with van der Waals surface area (Å²) >= 11 is 4.42. The summed E-state index contributed by atoms with van der Waals surface area (Å²) in [6, 6.07) is 3.69. The van der Waals surface area contributed by atoms with Crippen LogP contribution >= 0.6 is 12.6 Å². The van der Waals surface area contributed by atoms with E-state index in [9.17, 15) is 4.79 Å². The molecule has 0 fully saturated rings. The maximum absolute atomic E-state index is 10.5. The number of rotatable bonds is 3. The van der Waals surface area contributed by atoms with E-state index in [2.05, 4.69) is 12.6 Å². The summed E-state index contributed by atoms with van der Waals surface area (Å²) < 4.78 is 5.29. The predicted octanol–water partition coefficient (Wildman–Crippen LogP) is 2.32. The standard InChI is InChI=1S/C12H14O3S/c13-12(14)7-15-10-5-6-11(16)9-4-2-1-3-8(9)10/h5-6,16H,1-4,7H2,(H,13,14). The van der Waals surface area contributed by atoms with Gasteiger partial charge in [-0.1, -0.05) is 0 Å². The Morgan fingerprint density at radius 2 is 2.00 bits per heavy atom. The van der Waals surface area contributed by atoms with Crippen LogP contribution < -0.4 is 4.74 Å². The maximum atomic E-state index is 10.5. The molecule has 0 saturated heterocycles. The summed E-state index contributed by atoms with van der Waals surface area (Å²) in [7, 11) is 0. The minimum Gasteiger partial charge on any atom is -0.482 e. The van der Waals surface area contributed by atoms with Gasteiger partial charge in [0.15, 0.2) is 6.61 Å². The van der Waals surface area contributed by atoms with Gasteiger partial charge < -0.3 is 9.84 Å². The second-order valence-electron chi connectivity index (χ2n) is 3.93. The van der Waals surface area contributed by atoms with Crippen LogP contribution in [0, 0.1) is 0 Å². The summed E-state index contributed by atoms with van der Waals surface area (Å²) in [5.41, 5.74) is 2.36. The second kappa shape index (κ2) is 4.78. The molecule has 0 unspecified atom stereocenters. The van der Waals surface area contributed by atoms with Crippen molar-refractivity contribution in [3.05, 3.63) is 23.3 Å². The molecule has 3 nitrogen and oxygen atoms in total. The van der Waals surface area contributed by atoms with Crippen molar-refractivity contribution in [2.75, 3.05) is 6.61 Å². The first-order chi connectivity index (χ1) is 7.68. The van der Waals surface area contributed by atoms with Gasteiger partial charge in [0.25, 0.3) is 0 Å². The molecule has 0 spiro atoms. The van der Waals surface area contributed by atoms with Crippen LogP contribution in [0.2, 0.25) is 0 Å². The zero-order chi connectivity index (χ0) is 11.5. The summed E-state index contributed by atoms with van der Waals surface area (Å²) in [5, 5.41) is 8.59. The van der Waals surface area contributed by atoms with E-state index < -0.39 is 5.97 Å². The van der Waals surface area contributed by atoms with Gasteiger partial charge in [-0.05, 0) is 48.9 Å². The van der Waals surface area contributed by atoms with Crippen LogP contribution in [0.3, 0.4) is 0 Å². The van der Waals surface area contributed by atoms with Crippen LogP contribution in [0.1, 0.15) is 24.0 Å². The van der Waals surface area contributed by atoms with E-state index in [4.69, 9.17) is 9.84 Å². The average Bonchev–Trinajstić information content (AvgIpc) is 2.28. The molecular formula is C12H14O3S. The van der Waals surface area contributed by atoms with Gasteiger partial charge in [-0.25, -0.2) is 4.79 Å². The van der Waals surface area contributed by atoms with Crippen molar-refractivity contribution in [3.8, 4) is 5.75 Å². The van der Waals surface area contributed by atoms with Crippen molar-refractivity contribution in [1.82, 2.24) is 0 Å². The molecular weight excluding hydrogens is 224 g/mol. The van der Waals surface area contributed by atoms with Crippen molar-refractivity contribution in [3.63, 3.8) is 0 Å². The molecule has 1 N–H and O–H groups in total. The Bertz CT molecular complexity index is 415. The molecule has 1 aromatic carbocycles. The fourth-order valence-electron chi connectivity index (χ4n) is 2.09. The molecule has 0 saturated carbocycles. The zero-order valence-electron chi connectivity index (χ0n) is 8.90. The van der Waals surface area contributed by atoms with Gasteiger partial charge in [0.05, 0.1) is 0 Å². The van der Waals surface area contributed by atoms with Crippen molar-refractivity contribution < 1.29 is 14.6 Å². The molecule has 1 aromatic rings. The molecule has 4 heteroatoms. The first-order valence-electron chi connectivity index (χ1n) is 5.37. The van der Waals surface area contributed by atoms with Crippen LogP contribution in [-0.4, -0.2) is 17.7 Å². The number of hydrogen-bond donors (Lipinski definition) is 2. The first-order valence-corrected chi connectivity index (χ1v) is 5.81. The van der Waals surface area contributed by atoms with Gasteiger partial charge in [0.1, 0.15) is 5.75 Å². The van der Waals surface area contributed by atoms with E-state index in [0.29, 0.717) is 5.75 Å². The predicted molar refractivity (Wildman–Crippen MR) is 63.5 cm³/mol. The molecule has 0 aromatic heterocycles. The fourth-order valence-corrected chi connectivity index (χ4v) is 2.41. The molecule has 0 aliphatic heterocycles. The third-order valence-corrected chi connectivity index (χ3v) is 3.24. The highest BCUT2D eigenvalue weighted by Gasteiger charge is 2.17. The van der Waals surface area contributed by atoms with Gasteiger partial charge in [-0.15, -0.1) is 12.6 Å². The molecule has 0 heterocycles. The summed E-state index contributed by atoms with van der Waals surface area (Å²) in [6.07, 6.45) is 4.27. The summed E-state index contributed by atoms with van der Waals surface area (Å²) in [5.74, 6) is -0.241. The third kappa shape index (κ3) is 2.32. The molecule has 0 bridgehead atoms. The smallest absolute Gasteiger partial charge is 0.341 e. The lowest BCUT2D eigenvalue weighted by Crippen LogP contribution is -2.13. The molecule has 0 amide bonds. The Morgan fingerprint density at radius 1 is 1.31 bits per heavy atom. The number of carboxylic acid groups (broad SMARTS) is 1. The van der Waals surface area contributed by atoms with E-state index in [1.165, 1.54) is 12.0 Å². The number of ether oxygens (including phenoxy) is 1. The number of benzene rings is 1. The van der Waals surface area contributed by atoms with Crippen LogP contribution in [0.4, 0.5) is 0 Å². The van der Waals surface area contributed by atoms with Crippen molar-refractivity contribution in [1.29, 1.82) is 0 Å². The number of fused-ring (bicyclic) bond motifs is 1. The van der Waals surface area contributed by atoms with Crippen LogP contribution in [0.15, 0.2) is 17.0 Å². The number of carboxylic acids is 1. The normalized spacial score (nSPS) is 14.3. The topological polar surface area (TPSA) is 46.5 Å². The van der Waals surface area contributed by atoms with E-state index >= 15 is 0 Å². The number of hydrogen-bond acceptors (Lipinski definition) is 3. The Kier molecular flexibility index (Phi) is 3.39. The highest BCUT2D eigenvalue weighted by Crippen LogP contribution is 2.33. The first kappa shape index (κ1) is 11.3. The van der Waals surface area contributed by atoms with E-state index in [-0.39, 0.29) is 6.61 Å². The van der Waals surface area contributed by atoms with Crippen LogP contribution in [0.5, 0.6) is 5.75 Å². The molecule has 0 radical (unpaired) electrons.